The minimum Gasteiger partial charge on any atom is -0.469 e. The third-order valence-electron chi connectivity index (χ3n) is 3.21. The van der Waals surface area contributed by atoms with Gasteiger partial charge in [0.1, 0.15) is 0 Å². The zero-order chi connectivity index (χ0) is 11.6. The van der Waals surface area contributed by atoms with Crippen LogP contribution in [0.4, 0.5) is 0 Å². The van der Waals surface area contributed by atoms with Crippen LogP contribution < -0.4 is 0 Å². The summed E-state index contributed by atoms with van der Waals surface area (Å²) >= 11 is 0. The van der Waals surface area contributed by atoms with Crippen molar-refractivity contribution in [3.05, 3.63) is 0 Å². The summed E-state index contributed by atoms with van der Waals surface area (Å²) < 4.78 is 4.65. The molecular weight excluding hydrogens is 194 g/mol. The first kappa shape index (κ1) is 12.5. The molecule has 0 amide bonds. The van der Waals surface area contributed by atoms with Crippen molar-refractivity contribution in [3.8, 4) is 0 Å². The van der Waals surface area contributed by atoms with E-state index in [1.807, 2.05) is 20.8 Å². The molecule has 0 radical (unpaired) electrons. The normalized spacial score (nSPS) is 22.3. The molecule has 0 aromatic rings. The van der Waals surface area contributed by atoms with Crippen LogP contribution in [0.3, 0.4) is 0 Å². The number of carbonyl (C=O) groups is 1. The highest BCUT2D eigenvalue weighted by Crippen LogP contribution is 2.28. The molecule has 4 heteroatoms. The Morgan fingerprint density at radius 3 is 2.40 bits per heavy atom. The number of hydrogen-bond acceptors (Lipinski definition) is 4. The van der Waals surface area contributed by atoms with Gasteiger partial charge < -0.3 is 9.84 Å². The van der Waals surface area contributed by atoms with Gasteiger partial charge in [0.15, 0.2) is 0 Å². The Morgan fingerprint density at radius 1 is 1.47 bits per heavy atom. The Kier molecular flexibility index (Phi) is 3.73. The summed E-state index contributed by atoms with van der Waals surface area (Å²) in [5.74, 6) is -0.0381. The smallest absolute Gasteiger partial charge is 0.309 e. The lowest BCUT2D eigenvalue weighted by atomic mass is 9.82. The van der Waals surface area contributed by atoms with Crippen LogP contribution in [0.15, 0.2) is 0 Å². The van der Waals surface area contributed by atoms with Gasteiger partial charge in [-0.2, -0.15) is 0 Å². The van der Waals surface area contributed by atoms with Crippen molar-refractivity contribution in [2.45, 2.75) is 26.4 Å². The van der Waals surface area contributed by atoms with Gasteiger partial charge in [-0.25, -0.2) is 0 Å². The van der Waals surface area contributed by atoms with Crippen LogP contribution in [0.5, 0.6) is 0 Å². The van der Waals surface area contributed by atoms with Crippen LogP contribution in [0.25, 0.3) is 0 Å². The van der Waals surface area contributed by atoms with E-state index in [0.717, 1.165) is 0 Å². The third-order valence-corrected chi connectivity index (χ3v) is 3.21. The first-order valence-corrected chi connectivity index (χ1v) is 5.41. The molecule has 0 bridgehead atoms. The van der Waals surface area contributed by atoms with Crippen LogP contribution in [0.1, 0.15) is 20.8 Å². The third kappa shape index (κ3) is 2.69. The lowest BCUT2D eigenvalue weighted by molar-refractivity contribution is -0.153. The minimum atomic E-state index is -0.560. The standard InChI is InChI=1S/C11H21NO3/c1-8(2)11(14)6-12(7-11)5-9(3)10(13)15-4/h8-9,14H,5-7H2,1-4H3. The molecule has 88 valence electrons. The van der Waals surface area contributed by atoms with E-state index >= 15 is 0 Å². The summed E-state index contributed by atoms with van der Waals surface area (Å²) in [5, 5.41) is 10.0. The predicted octanol–water partition coefficient (Wildman–Crippen LogP) is 0.498. The Bertz CT molecular complexity index is 234. The maximum Gasteiger partial charge on any atom is 0.309 e. The molecule has 0 aromatic carbocycles. The summed E-state index contributed by atoms with van der Waals surface area (Å²) in [6, 6.07) is 0. The van der Waals surface area contributed by atoms with Gasteiger partial charge in [-0.05, 0) is 5.92 Å². The molecule has 4 nitrogen and oxygen atoms in total. The van der Waals surface area contributed by atoms with E-state index in [1.54, 1.807) is 0 Å². The Balaban J connectivity index is 2.31. The first-order valence-electron chi connectivity index (χ1n) is 5.41. The lowest BCUT2D eigenvalue weighted by Crippen LogP contribution is -2.65. The van der Waals surface area contributed by atoms with Gasteiger partial charge >= 0.3 is 5.97 Å². The highest BCUT2D eigenvalue weighted by atomic mass is 16.5. The number of nitrogens with zero attached hydrogens (tertiary/aromatic N) is 1. The van der Waals surface area contributed by atoms with Crippen molar-refractivity contribution in [1.82, 2.24) is 4.90 Å². The van der Waals surface area contributed by atoms with Gasteiger partial charge in [0, 0.05) is 19.6 Å². The topological polar surface area (TPSA) is 49.8 Å². The quantitative estimate of drug-likeness (QED) is 0.694. The molecule has 1 aliphatic rings. The summed E-state index contributed by atoms with van der Waals surface area (Å²) in [7, 11) is 1.40. The summed E-state index contributed by atoms with van der Waals surface area (Å²) in [4.78, 5) is 13.3. The average molecular weight is 215 g/mol. The summed E-state index contributed by atoms with van der Waals surface area (Å²) in [5.41, 5.74) is -0.560. The molecule has 1 rings (SSSR count). The average Bonchev–Trinajstić information content (AvgIpc) is 2.13. The number of likely N-dealkylation sites (tertiary alicyclic amines) is 1. The van der Waals surface area contributed by atoms with Crippen molar-refractivity contribution in [1.29, 1.82) is 0 Å². The number of rotatable bonds is 4. The lowest BCUT2D eigenvalue weighted by Gasteiger charge is -2.49. The molecule has 1 atom stereocenters. The number of carbonyl (C=O) groups excluding carboxylic acids is 1. The number of aliphatic hydroxyl groups is 1. The van der Waals surface area contributed by atoms with Crippen molar-refractivity contribution in [2.24, 2.45) is 11.8 Å². The van der Waals surface area contributed by atoms with Crippen molar-refractivity contribution in [2.75, 3.05) is 26.7 Å². The van der Waals surface area contributed by atoms with E-state index in [9.17, 15) is 9.90 Å². The second-order valence-corrected chi connectivity index (χ2v) is 4.85. The van der Waals surface area contributed by atoms with Gasteiger partial charge in [0.05, 0.1) is 18.6 Å². The Labute approximate surface area is 91.2 Å². The fraction of sp³-hybridized carbons (Fsp3) is 0.909. The molecule has 0 aliphatic carbocycles. The van der Waals surface area contributed by atoms with Crippen LogP contribution in [0.2, 0.25) is 0 Å². The molecule has 0 saturated carbocycles. The fourth-order valence-electron chi connectivity index (χ4n) is 1.89. The molecule has 1 unspecified atom stereocenters. The van der Waals surface area contributed by atoms with E-state index in [1.165, 1.54) is 7.11 Å². The highest BCUT2D eigenvalue weighted by Gasteiger charge is 2.44. The molecule has 1 fully saturated rings. The van der Waals surface area contributed by atoms with Crippen LogP contribution in [-0.2, 0) is 9.53 Å². The number of β-amino-alcohol motifs (C(OH)–C–C–N with tert-alkyl or cyclic N) is 1. The maximum atomic E-state index is 11.2. The molecule has 1 N–H and O–H groups in total. The molecule has 1 aliphatic heterocycles. The largest absolute Gasteiger partial charge is 0.469 e. The van der Waals surface area contributed by atoms with Gasteiger partial charge in [0.2, 0.25) is 0 Å². The van der Waals surface area contributed by atoms with Gasteiger partial charge in [-0.15, -0.1) is 0 Å². The number of methoxy groups -OCH3 is 1. The molecular formula is C11H21NO3. The van der Waals surface area contributed by atoms with Crippen molar-refractivity contribution < 1.29 is 14.6 Å². The minimum absolute atomic E-state index is 0.119. The van der Waals surface area contributed by atoms with Gasteiger partial charge in [-0.3, -0.25) is 9.69 Å². The monoisotopic (exact) mass is 215 g/mol. The number of hydrogen-bond donors (Lipinski definition) is 1. The van der Waals surface area contributed by atoms with E-state index in [0.29, 0.717) is 19.6 Å². The molecule has 15 heavy (non-hydrogen) atoms. The van der Waals surface area contributed by atoms with E-state index in [4.69, 9.17) is 0 Å². The number of ether oxygens (including phenoxy) is 1. The zero-order valence-corrected chi connectivity index (χ0v) is 9.99. The molecule has 1 heterocycles. The first-order chi connectivity index (χ1) is 6.89. The van der Waals surface area contributed by atoms with E-state index in [-0.39, 0.29) is 17.8 Å². The van der Waals surface area contributed by atoms with E-state index < -0.39 is 5.60 Å². The summed E-state index contributed by atoms with van der Waals surface area (Å²) in [6.07, 6.45) is 0. The Hall–Kier alpha value is -0.610. The van der Waals surface area contributed by atoms with Gasteiger partial charge in [0.25, 0.3) is 0 Å². The number of esters is 1. The van der Waals surface area contributed by atoms with Crippen LogP contribution in [-0.4, -0.2) is 48.3 Å². The van der Waals surface area contributed by atoms with Crippen molar-refractivity contribution >= 4 is 5.97 Å². The highest BCUT2D eigenvalue weighted by molar-refractivity contribution is 5.72. The second-order valence-electron chi connectivity index (χ2n) is 4.85. The van der Waals surface area contributed by atoms with E-state index in [2.05, 4.69) is 9.64 Å². The zero-order valence-electron chi connectivity index (χ0n) is 9.99. The summed E-state index contributed by atoms with van der Waals surface area (Å²) in [6.45, 7) is 7.86. The van der Waals surface area contributed by atoms with Crippen molar-refractivity contribution in [3.63, 3.8) is 0 Å². The molecule has 0 spiro atoms. The second kappa shape index (κ2) is 4.49. The van der Waals surface area contributed by atoms with Gasteiger partial charge in [-0.1, -0.05) is 20.8 Å². The fourth-order valence-corrected chi connectivity index (χ4v) is 1.89. The SMILES string of the molecule is COC(=O)C(C)CN1CC(O)(C(C)C)C1. The molecule has 0 aromatic heterocycles. The Morgan fingerprint density at radius 2 is 2.00 bits per heavy atom. The molecule has 1 saturated heterocycles. The van der Waals surface area contributed by atoms with Crippen LogP contribution >= 0.6 is 0 Å². The van der Waals surface area contributed by atoms with Crippen LogP contribution in [0, 0.1) is 11.8 Å². The predicted molar refractivity (Wildman–Crippen MR) is 57.4 cm³/mol. The maximum absolute atomic E-state index is 11.2.